The van der Waals surface area contributed by atoms with Gasteiger partial charge in [0.25, 0.3) is 5.91 Å². The van der Waals surface area contributed by atoms with Crippen molar-refractivity contribution in [3.05, 3.63) is 35.4 Å². The highest BCUT2D eigenvalue weighted by Gasteiger charge is 2.17. The lowest BCUT2D eigenvalue weighted by Crippen LogP contribution is -2.35. The molecule has 0 bridgehead atoms. The molecule has 5 nitrogen and oxygen atoms in total. The van der Waals surface area contributed by atoms with Crippen molar-refractivity contribution in [3.8, 4) is 0 Å². The molecular weight excluding hydrogens is 274 g/mol. The van der Waals surface area contributed by atoms with E-state index in [2.05, 4.69) is 11.4 Å². The molecular formula is C14H21N3O2S. The number of nitrogens with zero attached hydrogens (tertiary/aromatic N) is 2. The van der Waals surface area contributed by atoms with Crippen molar-refractivity contribution in [2.45, 2.75) is 19.4 Å². The maximum Gasteiger partial charge on any atom is 0.253 e. The van der Waals surface area contributed by atoms with Crippen LogP contribution in [0.25, 0.3) is 0 Å². The molecule has 0 spiro atoms. The van der Waals surface area contributed by atoms with Gasteiger partial charge in [0.15, 0.2) is 5.84 Å². The van der Waals surface area contributed by atoms with Crippen molar-refractivity contribution in [1.29, 1.82) is 0 Å². The summed E-state index contributed by atoms with van der Waals surface area (Å²) in [6.07, 6.45) is 3.00. The number of amidine groups is 1. The minimum Gasteiger partial charge on any atom is -0.409 e. The Balaban J connectivity index is 2.86. The van der Waals surface area contributed by atoms with E-state index in [0.29, 0.717) is 11.1 Å². The number of oxime groups is 1. The third kappa shape index (κ3) is 4.16. The van der Waals surface area contributed by atoms with Crippen LogP contribution < -0.4 is 5.73 Å². The highest BCUT2D eigenvalue weighted by atomic mass is 32.2. The van der Waals surface area contributed by atoms with E-state index in [4.69, 9.17) is 10.9 Å². The van der Waals surface area contributed by atoms with Crippen LogP contribution in [-0.4, -0.2) is 46.9 Å². The zero-order valence-corrected chi connectivity index (χ0v) is 12.9. The predicted molar refractivity (Wildman–Crippen MR) is 83.5 cm³/mol. The van der Waals surface area contributed by atoms with Crippen molar-refractivity contribution in [3.63, 3.8) is 0 Å². The summed E-state index contributed by atoms with van der Waals surface area (Å²) < 4.78 is 0. The Hall–Kier alpha value is -1.69. The number of hydrogen-bond donors (Lipinski definition) is 2. The van der Waals surface area contributed by atoms with Crippen LogP contribution in [0.4, 0.5) is 0 Å². The third-order valence-electron chi connectivity index (χ3n) is 3.23. The monoisotopic (exact) mass is 295 g/mol. The largest absolute Gasteiger partial charge is 0.409 e. The van der Waals surface area contributed by atoms with Crippen molar-refractivity contribution >= 4 is 23.5 Å². The molecule has 0 saturated heterocycles. The molecule has 3 N–H and O–H groups in total. The van der Waals surface area contributed by atoms with Crippen LogP contribution in [0.5, 0.6) is 0 Å². The molecule has 0 aliphatic heterocycles. The first-order valence-corrected chi connectivity index (χ1v) is 7.74. The number of benzene rings is 1. The fourth-order valence-electron chi connectivity index (χ4n) is 1.76. The molecule has 6 heteroatoms. The molecule has 0 aliphatic rings. The fraction of sp³-hybridized carbons (Fsp3) is 0.429. The Kier molecular flexibility index (Phi) is 6.38. The smallest absolute Gasteiger partial charge is 0.253 e. The Morgan fingerprint density at radius 3 is 2.75 bits per heavy atom. The lowest BCUT2D eigenvalue weighted by molar-refractivity contribution is 0.0741. The van der Waals surface area contributed by atoms with Gasteiger partial charge in [-0.25, -0.2) is 0 Å². The number of carbonyl (C=O) groups is 1. The summed E-state index contributed by atoms with van der Waals surface area (Å²) in [5.74, 6) is 0.951. The first-order valence-electron chi connectivity index (χ1n) is 6.35. The van der Waals surface area contributed by atoms with Crippen LogP contribution in [0, 0.1) is 0 Å². The first kappa shape index (κ1) is 16.4. The lowest BCUT2D eigenvalue weighted by Gasteiger charge is -2.25. The molecule has 1 atom stereocenters. The van der Waals surface area contributed by atoms with Gasteiger partial charge < -0.3 is 15.8 Å². The summed E-state index contributed by atoms with van der Waals surface area (Å²) >= 11 is 1.77. The first-order chi connectivity index (χ1) is 9.51. The summed E-state index contributed by atoms with van der Waals surface area (Å²) in [6, 6.07) is 6.95. The molecule has 0 aromatic heterocycles. The number of rotatable bonds is 6. The number of nitrogens with two attached hydrogens (primary N) is 1. The maximum absolute atomic E-state index is 12.4. The molecule has 0 aliphatic carbocycles. The number of thioether (sulfide) groups is 1. The molecule has 1 aromatic rings. The van der Waals surface area contributed by atoms with E-state index in [1.165, 1.54) is 0 Å². The second-order valence-corrected chi connectivity index (χ2v) is 5.60. The van der Waals surface area contributed by atoms with E-state index in [1.807, 2.05) is 6.92 Å². The highest BCUT2D eigenvalue weighted by Crippen LogP contribution is 2.12. The van der Waals surface area contributed by atoms with Crippen molar-refractivity contribution in [2.24, 2.45) is 10.9 Å². The van der Waals surface area contributed by atoms with Crippen LogP contribution in [0.15, 0.2) is 29.4 Å². The van der Waals surface area contributed by atoms with Crippen LogP contribution in [0.2, 0.25) is 0 Å². The minimum absolute atomic E-state index is 0.00210. The molecule has 0 fully saturated rings. The standard InChI is InChI=1S/C14H21N3O2S/c1-10(7-8-20-3)17(2)14(18)12-6-4-5-11(9-12)13(15)16-19/h4-6,9-10,19H,7-8H2,1-3H3,(H2,15,16). The Labute approximate surface area is 123 Å². The van der Waals surface area contributed by atoms with Crippen LogP contribution in [-0.2, 0) is 0 Å². The summed E-state index contributed by atoms with van der Waals surface area (Å²) in [6.45, 7) is 2.03. The zero-order chi connectivity index (χ0) is 15.1. The van der Waals surface area contributed by atoms with Crippen molar-refractivity contribution in [2.75, 3.05) is 19.1 Å². The van der Waals surface area contributed by atoms with Gasteiger partial charge in [0.2, 0.25) is 0 Å². The van der Waals surface area contributed by atoms with Gasteiger partial charge >= 0.3 is 0 Å². The molecule has 0 saturated carbocycles. The number of amides is 1. The van der Waals surface area contributed by atoms with Gasteiger partial charge in [0, 0.05) is 24.2 Å². The van der Waals surface area contributed by atoms with Gasteiger partial charge in [-0.05, 0) is 37.5 Å². The molecule has 110 valence electrons. The van der Waals surface area contributed by atoms with Gasteiger partial charge in [0.05, 0.1) is 0 Å². The summed E-state index contributed by atoms with van der Waals surface area (Å²) in [5, 5.41) is 11.6. The van der Waals surface area contributed by atoms with Crippen LogP contribution in [0.1, 0.15) is 29.3 Å². The predicted octanol–water partition coefficient (Wildman–Crippen LogP) is 1.99. The molecule has 1 aromatic carbocycles. The zero-order valence-electron chi connectivity index (χ0n) is 12.0. The summed E-state index contributed by atoms with van der Waals surface area (Å²) in [7, 11) is 1.80. The average molecular weight is 295 g/mol. The number of hydrogen-bond acceptors (Lipinski definition) is 4. The highest BCUT2D eigenvalue weighted by molar-refractivity contribution is 7.98. The topological polar surface area (TPSA) is 78.9 Å². The quantitative estimate of drug-likeness (QED) is 0.364. The molecule has 20 heavy (non-hydrogen) atoms. The van der Waals surface area contributed by atoms with Gasteiger partial charge in [-0.2, -0.15) is 11.8 Å². The average Bonchev–Trinajstić information content (AvgIpc) is 2.50. The van der Waals surface area contributed by atoms with E-state index < -0.39 is 0 Å². The van der Waals surface area contributed by atoms with E-state index in [1.54, 1.807) is 48.0 Å². The van der Waals surface area contributed by atoms with Crippen LogP contribution in [0.3, 0.4) is 0 Å². The Morgan fingerprint density at radius 1 is 1.50 bits per heavy atom. The van der Waals surface area contributed by atoms with Gasteiger partial charge in [0.1, 0.15) is 0 Å². The second kappa shape index (κ2) is 7.79. The maximum atomic E-state index is 12.4. The van der Waals surface area contributed by atoms with Crippen LogP contribution >= 0.6 is 11.8 Å². The SMILES string of the molecule is CSCCC(C)N(C)C(=O)c1cccc(/C(N)=N/O)c1. The summed E-state index contributed by atoms with van der Waals surface area (Å²) in [4.78, 5) is 14.1. The van der Waals surface area contributed by atoms with E-state index in [0.717, 1.165) is 12.2 Å². The van der Waals surface area contributed by atoms with Gasteiger partial charge in [-0.15, -0.1) is 0 Å². The molecule has 0 heterocycles. The molecule has 0 radical (unpaired) electrons. The van der Waals surface area contributed by atoms with Gasteiger partial charge in [-0.1, -0.05) is 17.3 Å². The third-order valence-corrected chi connectivity index (χ3v) is 3.88. The molecule has 1 amide bonds. The second-order valence-electron chi connectivity index (χ2n) is 4.61. The minimum atomic E-state index is -0.0637. The fourth-order valence-corrected chi connectivity index (χ4v) is 2.33. The Morgan fingerprint density at radius 2 is 2.15 bits per heavy atom. The van der Waals surface area contributed by atoms with E-state index >= 15 is 0 Å². The van der Waals surface area contributed by atoms with Gasteiger partial charge in [-0.3, -0.25) is 4.79 Å². The molecule has 1 unspecified atom stereocenters. The van der Waals surface area contributed by atoms with Crippen molar-refractivity contribution < 1.29 is 10.0 Å². The van der Waals surface area contributed by atoms with E-state index in [-0.39, 0.29) is 17.8 Å². The number of carbonyl (C=O) groups excluding carboxylic acids is 1. The Bertz CT molecular complexity index is 491. The lowest BCUT2D eigenvalue weighted by atomic mass is 10.1. The van der Waals surface area contributed by atoms with E-state index in [9.17, 15) is 4.79 Å². The molecule has 1 rings (SSSR count). The summed E-state index contributed by atoms with van der Waals surface area (Å²) in [5.41, 5.74) is 6.60. The normalized spacial score (nSPS) is 13.1. The van der Waals surface area contributed by atoms with Crippen molar-refractivity contribution in [1.82, 2.24) is 4.90 Å².